The third-order valence-corrected chi connectivity index (χ3v) is 7.51. The van der Waals surface area contributed by atoms with Gasteiger partial charge >= 0.3 is 12.4 Å². The summed E-state index contributed by atoms with van der Waals surface area (Å²) in [5.41, 5.74) is 2.02. The fraction of sp³-hybridized carbons (Fsp3) is 0.233. The molecule has 4 aromatic rings. The highest BCUT2D eigenvalue weighted by atomic mass is 32.2. The molecule has 234 valence electrons. The summed E-state index contributed by atoms with van der Waals surface area (Å²) in [6.07, 6.45) is -0.912. The second-order valence-electron chi connectivity index (χ2n) is 9.69. The third-order valence-electron chi connectivity index (χ3n) is 6.59. The second kappa shape index (κ2) is 13.4. The molecule has 0 bridgehead atoms. The first kappa shape index (κ1) is 31.5. The van der Waals surface area contributed by atoms with Gasteiger partial charge in [0.05, 0.1) is 29.9 Å². The molecule has 1 aliphatic heterocycles. The van der Waals surface area contributed by atoms with E-state index in [0.29, 0.717) is 17.1 Å². The number of aryl methyl sites for hydroxylation is 1. The number of rotatable bonds is 9. The smallest absolute Gasteiger partial charge is 0.497 e. The van der Waals surface area contributed by atoms with Gasteiger partial charge in [-0.3, -0.25) is 9.69 Å². The van der Waals surface area contributed by atoms with Gasteiger partial charge in [0.2, 0.25) is 5.91 Å². The highest BCUT2D eigenvalue weighted by Gasteiger charge is 2.33. The fourth-order valence-electron chi connectivity index (χ4n) is 4.45. The van der Waals surface area contributed by atoms with Crippen LogP contribution in [-0.4, -0.2) is 51.1 Å². The molecule has 0 saturated carbocycles. The van der Waals surface area contributed by atoms with E-state index in [0.717, 1.165) is 54.8 Å². The van der Waals surface area contributed by atoms with E-state index in [4.69, 9.17) is 4.74 Å². The van der Waals surface area contributed by atoms with Gasteiger partial charge in [-0.2, -0.15) is 4.99 Å². The largest absolute Gasteiger partial charge is 0.573 e. The van der Waals surface area contributed by atoms with Crippen molar-refractivity contribution in [2.24, 2.45) is 4.99 Å². The van der Waals surface area contributed by atoms with Crippen LogP contribution in [0.4, 0.5) is 33.7 Å². The minimum atomic E-state index is -4.81. The number of aliphatic imine (C=N–C) groups is 1. The van der Waals surface area contributed by atoms with Gasteiger partial charge in [-0.05, 0) is 66.9 Å². The predicted octanol–water partition coefficient (Wildman–Crippen LogP) is 6.99. The van der Waals surface area contributed by atoms with Crippen molar-refractivity contribution in [2.45, 2.75) is 32.5 Å². The normalized spacial score (nSPS) is 14.2. The number of unbranched alkanes of at least 4 members (excludes halogenated alkanes) is 1. The first-order chi connectivity index (χ1) is 21.5. The highest BCUT2D eigenvalue weighted by Crippen LogP contribution is 2.34. The molecular formula is C30H26F4N6O4S. The number of benzene rings is 3. The SMILES string of the molecule is CCCCc1ccc(OC)cc1N1C(=O)CS/C1=N\C(=O)Nc1ccc(-c2ncn(-c3ccc(OC(F)(F)F)cc3)n2)cc1F. The Hall–Kier alpha value is -4.92. The molecule has 3 amide bonds. The van der Waals surface area contributed by atoms with Crippen LogP contribution in [-0.2, 0) is 11.2 Å². The van der Waals surface area contributed by atoms with E-state index in [2.05, 4.69) is 32.1 Å². The Labute approximate surface area is 259 Å². The Morgan fingerprint density at radius 2 is 1.84 bits per heavy atom. The number of ether oxygens (including phenoxy) is 2. The van der Waals surface area contributed by atoms with Crippen LogP contribution >= 0.6 is 11.8 Å². The molecule has 1 saturated heterocycles. The number of carbonyl (C=O) groups excluding carboxylic acids is 2. The summed E-state index contributed by atoms with van der Waals surface area (Å²) in [6.45, 7) is 2.06. The minimum Gasteiger partial charge on any atom is -0.497 e. The molecule has 0 spiro atoms. The summed E-state index contributed by atoms with van der Waals surface area (Å²) >= 11 is 1.10. The first-order valence-corrected chi connectivity index (χ1v) is 14.6. The molecule has 0 radical (unpaired) electrons. The summed E-state index contributed by atoms with van der Waals surface area (Å²) in [7, 11) is 1.52. The first-order valence-electron chi connectivity index (χ1n) is 13.6. The lowest BCUT2D eigenvalue weighted by atomic mass is 10.1. The van der Waals surface area contributed by atoms with Crippen molar-refractivity contribution < 1.29 is 36.6 Å². The maximum absolute atomic E-state index is 15.1. The standard InChI is InChI=1S/C30H26F4N6O4S/c1-3-4-5-18-6-10-22(43-2)15-25(18)40-26(41)16-45-29(40)37-28(42)36-24-13-7-19(14-23(24)31)27-35-17-39(38-27)20-8-11-21(12-9-20)44-30(32,33)34/h6-15,17H,3-5,16H2,1-2H3,(H,36,42)/b37-29-. The van der Waals surface area contributed by atoms with Crippen molar-refractivity contribution in [3.05, 3.63) is 78.4 Å². The summed E-state index contributed by atoms with van der Waals surface area (Å²) in [4.78, 5) is 35.3. The Balaban J connectivity index is 1.30. The molecule has 0 unspecified atom stereocenters. The van der Waals surface area contributed by atoms with Crippen molar-refractivity contribution in [3.8, 4) is 28.6 Å². The zero-order valence-electron chi connectivity index (χ0n) is 24.0. The fourth-order valence-corrected chi connectivity index (χ4v) is 5.30. The molecule has 1 fully saturated rings. The summed E-state index contributed by atoms with van der Waals surface area (Å²) in [6, 6.07) is 13.5. The maximum atomic E-state index is 15.1. The molecule has 1 aliphatic rings. The number of halogens is 4. The Kier molecular flexibility index (Phi) is 9.37. The number of amidine groups is 1. The lowest BCUT2D eigenvalue weighted by Crippen LogP contribution is -2.31. The van der Waals surface area contributed by atoms with Crippen LogP contribution in [0.5, 0.6) is 11.5 Å². The second-order valence-corrected chi connectivity index (χ2v) is 10.6. The molecule has 5 rings (SSSR count). The van der Waals surface area contributed by atoms with Gasteiger partial charge in [0, 0.05) is 11.6 Å². The number of hydrogen-bond donors (Lipinski definition) is 1. The maximum Gasteiger partial charge on any atom is 0.573 e. The molecular weight excluding hydrogens is 616 g/mol. The average molecular weight is 643 g/mol. The molecule has 1 aromatic heterocycles. The van der Waals surface area contributed by atoms with Crippen LogP contribution in [0.25, 0.3) is 17.1 Å². The zero-order chi connectivity index (χ0) is 32.1. The summed E-state index contributed by atoms with van der Waals surface area (Å²) < 4.78 is 62.8. The summed E-state index contributed by atoms with van der Waals surface area (Å²) in [5.74, 6) is -0.646. The van der Waals surface area contributed by atoms with Crippen molar-refractivity contribution in [1.29, 1.82) is 0 Å². The molecule has 10 nitrogen and oxygen atoms in total. The zero-order valence-corrected chi connectivity index (χ0v) is 24.8. The van der Waals surface area contributed by atoms with Gasteiger partial charge in [-0.15, -0.1) is 18.3 Å². The molecule has 0 atom stereocenters. The molecule has 0 aliphatic carbocycles. The third kappa shape index (κ3) is 7.60. The van der Waals surface area contributed by atoms with Gasteiger partial charge in [-0.1, -0.05) is 31.2 Å². The average Bonchev–Trinajstić information content (AvgIpc) is 3.64. The molecule has 3 aromatic carbocycles. The molecule has 45 heavy (non-hydrogen) atoms. The topological polar surface area (TPSA) is 111 Å². The van der Waals surface area contributed by atoms with Crippen LogP contribution in [0.2, 0.25) is 0 Å². The van der Waals surface area contributed by atoms with E-state index in [1.54, 1.807) is 6.07 Å². The van der Waals surface area contributed by atoms with Crippen LogP contribution in [0.3, 0.4) is 0 Å². The number of anilines is 2. The summed E-state index contributed by atoms with van der Waals surface area (Å²) in [5, 5.41) is 6.83. The Morgan fingerprint density at radius 3 is 2.53 bits per heavy atom. The lowest BCUT2D eigenvalue weighted by molar-refractivity contribution is -0.274. The van der Waals surface area contributed by atoms with E-state index in [-0.39, 0.29) is 39.7 Å². The van der Waals surface area contributed by atoms with Crippen molar-refractivity contribution in [1.82, 2.24) is 14.8 Å². The van der Waals surface area contributed by atoms with E-state index in [1.807, 2.05) is 12.1 Å². The number of methoxy groups -OCH3 is 1. The van der Waals surface area contributed by atoms with Gasteiger partial charge in [0.25, 0.3) is 0 Å². The van der Waals surface area contributed by atoms with Crippen molar-refractivity contribution in [3.63, 3.8) is 0 Å². The lowest BCUT2D eigenvalue weighted by Gasteiger charge is -2.20. The molecule has 2 heterocycles. The number of nitrogens with zero attached hydrogens (tertiary/aromatic N) is 5. The van der Waals surface area contributed by atoms with Gasteiger partial charge in [-0.25, -0.2) is 18.9 Å². The highest BCUT2D eigenvalue weighted by molar-refractivity contribution is 8.15. The van der Waals surface area contributed by atoms with Gasteiger partial charge < -0.3 is 14.8 Å². The number of nitrogens with one attached hydrogen (secondary N) is 1. The molecule has 1 N–H and O–H groups in total. The van der Waals surface area contributed by atoms with E-state index >= 15 is 4.39 Å². The number of thioether (sulfide) groups is 1. The van der Waals surface area contributed by atoms with Crippen molar-refractivity contribution >= 4 is 40.2 Å². The molecule has 15 heteroatoms. The van der Waals surface area contributed by atoms with E-state index < -0.39 is 18.2 Å². The number of alkyl halides is 3. The van der Waals surface area contributed by atoms with Crippen LogP contribution in [0, 0.1) is 5.82 Å². The minimum absolute atomic E-state index is 0.0880. The number of amides is 3. The predicted molar refractivity (Wildman–Crippen MR) is 161 cm³/mol. The van der Waals surface area contributed by atoms with Crippen LogP contribution in [0.1, 0.15) is 25.3 Å². The van der Waals surface area contributed by atoms with Crippen LogP contribution in [0.15, 0.2) is 72.0 Å². The van der Waals surface area contributed by atoms with E-state index in [1.165, 1.54) is 47.3 Å². The Morgan fingerprint density at radius 1 is 1.09 bits per heavy atom. The number of aromatic nitrogens is 3. The number of urea groups is 1. The van der Waals surface area contributed by atoms with Crippen LogP contribution < -0.4 is 19.7 Å². The monoisotopic (exact) mass is 642 g/mol. The van der Waals surface area contributed by atoms with Gasteiger partial charge in [0.15, 0.2) is 11.0 Å². The van der Waals surface area contributed by atoms with E-state index in [9.17, 15) is 22.8 Å². The Bertz CT molecular complexity index is 1740. The number of hydrogen-bond acceptors (Lipinski definition) is 7. The van der Waals surface area contributed by atoms with Gasteiger partial charge in [0.1, 0.15) is 23.6 Å². The van der Waals surface area contributed by atoms with Crippen molar-refractivity contribution in [2.75, 3.05) is 23.1 Å². The number of carbonyl (C=O) groups is 2. The quantitative estimate of drug-likeness (QED) is 0.196.